The largest absolute Gasteiger partial charge is 0.454 e. The van der Waals surface area contributed by atoms with Crippen LogP contribution in [0.4, 0.5) is 0 Å². The van der Waals surface area contributed by atoms with E-state index in [0.29, 0.717) is 11.5 Å². The lowest BCUT2D eigenvalue weighted by Gasteiger charge is -1.96. The van der Waals surface area contributed by atoms with E-state index in [1.807, 2.05) is 6.07 Å². The number of benzene rings is 1. The van der Waals surface area contributed by atoms with Gasteiger partial charge < -0.3 is 9.47 Å². The fourth-order valence-electron chi connectivity index (χ4n) is 1.03. The molecule has 1 aromatic rings. The van der Waals surface area contributed by atoms with Gasteiger partial charge in [0.15, 0.2) is 11.5 Å². The van der Waals surface area contributed by atoms with E-state index in [0.717, 1.165) is 5.56 Å². The first-order chi connectivity index (χ1) is 6.61. The van der Waals surface area contributed by atoms with Gasteiger partial charge in [-0.25, -0.2) is 0 Å². The second kappa shape index (κ2) is 2.74. The van der Waals surface area contributed by atoms with E-state index in [4.69, 9.17) is 17.5 Å². The van der Waals surface area contributed by atoms with Gasteiger partial charge in [0.25, 0.3) is 0 Å². The average molecular weight is 163 g/mol. The second-order valence-corrected chi connectivity index (χ2v) is 2.40. The van der Waals surface area contributed by atoms with Crippen LogP contribution in [0.2, 0.25) is 0 Å². The Labute approximate surface area is 73.0 Å². The van der Waals surface area contributed by atoms with E-state index in [9.17, 15) is 0 Å². The molecule has 3 nitrogen and oxygen atoms in total. The molecule has 1 aliphatic heterocycles. The molecule has 0 saturated carbocycles. The second-order valence-electron chi connectivity index (χ2n) is 2.40. The van der Waals surface area contributed by atoms with Crippen LogP contribution in [0.1, 0.15) is 8.30 Å². The molecule has 0 aliphatic carbocycles. The van der Waals surface area contributed by atoms with Crippen LogP contribution in [0.25, 0.3) is 0 Å². The molecule has 0 saturated heterocycles. The molecule has 0 radical (unpaired) electrons. The Morgan fingerprint density at radius 3 is 3.17 bits per heavy atom. The van der Waals surface area contributed by atoms with Crippen LogP contribution in [0.15, 0.2) is 18.2 Å². The normalized spacial score (nSPS) is 19.2. The summed E-state index contributed by atoms with van der Waals surface area (Å²) < 4.78 is 24.1. The van der Waals surface area contributed by atoms with Crippen LogP contribution in [-0.2, 0) is 6.42 Å². The quantitative estimate of drug-likeness (QED) is 0.629. The zero-order valence-electron chi connectivity index (χ0n) is 8.20. The van der Waals surface area contributed by atoms with Crippen LogP contribution in [0.5, 0.6) is 11.5 Å². The molecule has 1 aromatic carbocycles. The van der Waals surface area contributed by atoms with Crippen LogP contribution in [0, 0.1) is 11.3 Å². The highest BCUT2D eigenvalue weighted by Gasteiger charge is 2.12. The van der Waals surface area contributed by atoms with Gasteiger partial charge in [-0.15, -0.1) is 0 Å². The van der Waals surface area contributed by atoms with E-state index < -0.39 is 6.75 Å². The van der Waals surface area contributed by atoms with Crippen molar-refractivity contribution in [3.05, 3.63) is 23.8 Å². The number of hydrogen-bond donors (Lipinski definition) is 0. The molecule has 0 bridgehead atoms. The van der Waals surface area contributed by atoms with Crippen molar-refractivity contribution in [2.75, 3.05) is 6.75 Å². The lowest BCUT2D eigenvalue weighted by molar-refractivity contribution is 0.174. The molecule has 1 heterocycles. The van der Waals surface area contributed by atoms with Gasteiger partial charge in [-0.3, -0.25) is 0 Å². The molecule has 0 amide bonds. The fourth-order valence-corrected chi connectivity index (χ4v) is 1.03. The molecular formula is C9H7NO2. The minimum atomic E-state index is -2.09. The third-order valence-corrected chi connectivity index (χ3v) is 1.59. The van der Waals surface area contributed by atoms with Gasteiger partial charge in [-0.1, -0.05) is 6.07 Å². The van der Waals surface area contributed by atoms with Gasteiger partial charge in [0.1, 0.15) is 2.74 Å². The minimum absolute atomic E-state index is 0.277. The van der Waals surface area contributed by atoms with Crippen LogP contribution < -0.4 is 9.47 Å². The van der Waals surface area contributed by atoms with Gasteiger partial charge >= 0.3 is 0 Å². The molecule has 0 unspecified atom stereocenters. The summed E-state index contributed by atoms with van der Waals surface area (Å²) >= 11 is 0. The molecule has 12 heavy (non-hydrogen) atoms. The molecule has 0 aromatic heterocycles. The number of hydrogen-bond acceptors (Lipinski definition) is 3. The molecule has 0 spiro atoms. The van der Waals surface area contributed by atoms with Crippen molar-refractivity contribution in [3.63, 3.8) is 0 Å². The van der Waals surface area contributed by atoms with Crippen molar-refractivity contribution < 1.29 is 12.2 Å². The Hall–Kier alpha value is -1.69. The highest BCUT2D eigenvalue weighted by atomic mass is 16.7. The predicted octanol–water partition coefficient (Wildman–Crippen LogP) is 1.48. The van der Waals surface area contributed by atoms with Gasteiger partial charge in [0.2, 0.25) is 6.75 Å². The highest BCUT2D eigenvalue weighted by Crippen LogP contribution is 2.32. The van der Waals surface area contributed by atoms with Crippen molar-refractivity contribution in [1.29, 1.82) is 5.26 Å². The maximum absolute atomic E-state index is 8.47. The zero-order valence-corrected chi connectivity index (χ0v) is 6.20. The summed E-state index contributed by atoms with van der Waals surface area (Å²) in [5.74, 6) is 0.722. The first-order valence-corrected chi connectivity index (χ1v) is 3.49. The first-order valence-electron chi connectivity index (χ1n) is 4.49. The Balaban J connectivity index is 2.32. The summed E-state index contributed by atoms with van der Waals surface area (Å²) in [6.45, 7) is -2.09. The van der Waals surface area contributed by atoms with E-state index in [2.05, 4.69) is 0 Å². The lowest BCUT2D eigenvalue weighted by Crippen LogP contribution is -1.92. The van der Waals surface area contributed by atoms with Crippen LogP contribution >= 0.6 is 0 Å². The third-order valence-electron chi connectivity index (χ3n) is 1.59. The fraction of sp³-hybridized carbons (Fsp3) is 0.222. The summed E-state index contributed by atoms with van der Waals surface area (Å²) in [5.41, 5.74) is 0.785. The minimum Gasteiger partial charge on any atom is -0.454 e. The number of nitrogens with zero attached hydrogens (tertiary/aromatic N) is 1. The Kier molecular flexibility index (Phi) is 1.15. The molecule has 3 heteroatoms. The Morgan fingerprint density at radius 1 is 1.50 bits per heavy atom. The maximum Gasteiger partial charge on any atom is 0.231 e. The summed E-state index contributed by atoms with van der Waals surface area (Å²) in [6, 6.07) is 6.94. The molecule has 2 rings (SSSR count). The van der Waals surface area contributed by atoms with Crippen molar-refractivity contribution in [3.8, 4) is 17.6 Å². The van der Waals surface area contributed by atoms with Gasteiger partial charge in [0.05, 0.1) is 12.5 Å². The number of fused-ring (bicyclic) bond motifs is 1. The van der Waals surface area contributed by atoms with Crippen molar-refractivity contribution in [2.24, 2.45) is 0 Å². The third kappa shape index (κ3) is 1.08. The number of nitriles is 1. The standard InChI is InChI=1S/C9H7NO2/c10-4-3-7-1-2-8-9(5-7)12-6-11-8/h1-2,5H,3,6H2/i6D2. The first kappa shape index (κ1) is 5.04. The smallest absolute Gasteiger partial charge is 0.231 e. The average Bonchev–Trinajstić information content (AvgIpc) is 2.38. The highest BCUT2D eigenvalue weighted by molar-refractivity contribution is 5.44. The van der Waals surface area contributed by atoms with Crippen molar-refractivity contribution in [1.82, 2.24) is 0 Å². The Morgan fingerprint density at radius 2 is 2.33 bits per heavy atom. The van der Waals surface area contributed by atoms with Gasteiger partial charge in [0, 0.05) is 0 Å². The van der Waals surface area contributed by atoms with Crippen LogP contribution in [0.3, 0.4) is 0 Å². The van der Waals surface area contributed by atoms with E-state index in [1.54, 1.807) is 18.2 Å². The summed E-state index contributed by atoms with van der Waals surface area (Å²) in [5, 5.41) is 8.47. The van der Waals surface area contributed by atoms with Gasteiger partial charge in [-0.05, 0) is 17.7 Å². The molecular weight excluding hydrogens is 154 g/mol. The predicted molar refractivity (Wildman–Crippen MR) is 41.9 cm³/mol. The van der Waals surface area contributed by atoms with Crippen LogP contribution in [-0.4, -0.2) is 6.75 Å². The Bertz CT molecular complexity index is 412. The monoisotopic (exact) mass is 163 g/mol. The van der Waals surface area contributed by atoms with Crippen molar-refractivity contribution >= 4 is 0 Å². The molecule has 0 atom stereocenters. The number of ether oxygens (including phenoxy) is 2. The molecule has 60 valence electrons. The molecule has 0 fully saturated rings. The van der Waals surface area contributed by atoms with Gasteiger partial charge in [-0.2, -0.15) is 5.26 Å². The molecule has 0 N–H and O–H groups in total. The summed E-state index contributed by atoms with van der Waals surface area (Å²) in [4.78, 5) is 0. The van der Waals surface area contributed by atoms with E-state index in [1.165, 1.54) is 0 Å². The SMILES string of the molecule is [2H]C1([2H])Oc2ccc(CC#N)cc2O1. The number of rotatable bonds is 1. The lowest BCUT2D eigenvalue weighted by atomic mass is 10.1. The summed E-state index contributed by atoms with van der Waals surface area (Å²) in [6.07, 6.45) is 0.277. The topological polar surface area (TPSA) is 42.2 Å². The molecule has 1 aliphatic rings. The van der Waals surface area contributed by atoms with E-state index in [-0.39, 0.29) is 6.42 Å². The maximum atomic E-state index is 8.47. The zero-order chi connectivity index (χ0) is 10.2. The summed E-state index contributed by atoms with van der Waals surface area (Å²) in [7, 11) is 0. The van der Waals surface area contributed by atoms with Crippen molar-refractivity contribution in [2.45, 2.75) is 6.42 Å². The van der Waals surface area contributed by atoms with E-state index >= 15 is 0 Å².